The van der Waals surface area contributed by atoms with Gasteiger partial charge in [0.05, 0.1) is 32.1 Å². The third kappa shape index (κ3) is 3.53. The first kappa shape index (κ1) is 15.8. The van der Waals surface area contributed by atoms with Crippen LogP contribution in [0.25, 0.3) is 0 Å². The van der Waals surface area contributed by atoms with Gasteiger partial charge in [-0.05, 0) is 18.1 Å². The molecule has 2 aromatic rings. The molecule has 0 spiro atoms. The Morgan fingerprint density at radius 3 is 3.21 bits per heavy atom. The van der Waals surface area contributed by atoms with Crippen LogP contribution in [0.3, 0.4) is 0 Å². The van der Waals surface area contributed by atoms with E-state index in [1.54, 1.807) is 17.6 Å². The van der Waals surface area contributed by atoms with Gasteiger partial charge >= 0.3 is 0 Å². The van der Waals surface area contributed by atoms with E-state index in [0.29, 0.717) is 31.4 Å². The van der Waals surface area contributed by atoms with Gasteiger partial charge in [-0.25, -0.2) is 4.98 Å². The predicted molar refractivity (Wildman–Crippen MR) is 89.3 cm³/mol. The summed E-state index contributed by atoms with van der Waals surface area (Å²) in [5.74, 6) is 1.59. The Labute approximate surface area is 144 Å². The maximum absolute atomic E-state index is 12.2. The molecule has 0 bridgehead atoms. The number of hydrogen-bond acceptors (Lipinski definition) is 6. The molecule has 2 aliphatic rings. The number of fused-ring (bicyclic) bond motifs is 1. The molecular formula is C17H21N3O3S. The third-order valence-corrected chi connectivity index (χ3v) is 5.61. The van der Waals surface area contributed by atoms with E-state index in [1.165, 1.54) is 0 Å². The average Bonchev–Trinajstić information content (AvgIpc) is 3.32. The number of nitrogens with zero attached hydrogens (tertiary/aromatic N) is 2. The third-order valence-electron chi connectivity index (χ3n) is 4.84. The lowest BCUT2D eigenvalue weighted by Gasteiger charge is -2.18. The number of likely N-dealkylation sites (tertiary alicyclic amines) is 1. The number of carbonyl (C=O) groups excluding carboxylic acids is 1. The van der Waals surface area contributed by atoms with Crippen LogP contribution < -0.4 is 5.32 Å². The zero-order chi connectivity index (χ0) is 16.4. The molecule has 0 radical (unpaired) electrons. The molecule has 128 valence electrons. The Hall–Kier alpha value is -1.70. The number of thiazole rings is 1. The minimum atomic E-state index is 0.0685. The number of aromatic nitrogens is 1. The lowest BCUT2D eigenvalue weighted by molar-refractivity contribution is -0.122. The second-order valence-electron chi connectivity index (χ2n) is 6.48. The zero-order valence-electron chi connectivity index (χ0n) is 13.4. The highest BCUT2D eigenvalue weighted by atomic mass is 32.1. The summed E-state index contributed by atoms with van der Waals surface area (Å²) in [7, 11) is 0. The van der Waals surface area contributed by atoms with Crippen molar-refractivity contribution in [3.63, 3.8) is 0 Å². The van der Waals surface area contributed by atoms with E-state index in [0.717, 1.165) is 30.4 Å². The molecular weight excluding hydrogens is 326 g/mol. The van der Waals surface area contributed by atoms with Gasteiger partial charge in [0, 0.05) is 37.0 Å². The molecule has 4 heterocycles. The highest BCUT2D eigenvalue weighted by Crippen LogP contribution is 2.36. The number of rotatable bonds is 6. The van der Waals surface area contributed by atoms with Crippen LogP contribution in [0.4, 0.5) is 0 Å². The summed E-state index contributed by atoms with van der Waals surface area (Å²) in [5.41, 5.74) is 0. The van der Waals surface area contributed by atoms with Crippen LogP contribution in [0.1, 0.15) is 17.2 Å². The van der Waals surface area contributed by atoms with E-state index >= 15 is 0 Å². The largest absolute Gasteiger partial charge is 0.467 e. The molecule has 0 aliphatic carbocycles. The predicted octanol–water partition coefficient (Wildman–Crippen LogP) is 1.89. The van der Waals surface area contributed by atoms with Crippen LogP contribution in [0.5, 0.6) is 0 Å². The molecule has 4 rings (SSSR count). The summed E-state index contributed by atoms with van der Waals surface area (Å²) in [6, 6.07) is 3.69. The normalized spacial score (nSPS) is 26.6. The molecule has 7 heteroatoms. The van der Waals surface area contributed by atoms with Gasteiger partial charge < -0.3 is 14.5 Å². The number of ether oxygens (including phenoxy) is 1. The molecule has 24 heavy (non-hydrogen) atoms. The molecule has 1 amide bonds. The highest BCUT2D eigenvalue weighted by Gasteiger charge is 2.44. The van der Waals surface area contributed by atoms with Gasteiger partial charge in [-0.1, -0.05) is 0 Å². The lowest BCUT2D eigenvalue weighted by atomic mass is 9.90. The summed E-state index contributed by atoms with van der Waals surface area (Å²) in [5, 5.41) is 6.08. The fourth-order valence-corrected chi connectivity index (χ4v) is 4.31. The molecule has 3 atom stereocenters. The first-order valence-corrected chi connectivity index (χ1v) is 9.17. The first-order chi connectivity index (χ1) is 11.8. The molecule has 0 unspecified atom stereocenters. The van der Waals surface area contributed by atoms with Crippen LogP contribution >= 0.6 is 11.3 Å². The summed E-state index contributed by atoms with van der Waals surface area (Å²) in [6.07, 6.45) is 4.24. The molecule has 2 aromatic heterocycles. The fourth-order valence-electron chi connectivity index (χ4n) is 3.65. The number of furan rings is 1. The monoisotopic (exact) mass is 347 g/mol. The lowest BCUT2D eigenvalue weighted by Crippen LogP contribution is -2.29. The molecule has 2 aliphatic heterocycles. The number of hydrogen-bond donors (Lipinski definition) is 1. The van der Waals surface area contributed by atoms with Crippen LogP contribution in [0.2, 0.25) is 0 Å². The van der Waals surface area contributed by atoms with E-state index in [4.69, 9.17) is 9.15 Å². The highest BCUT2D eigenvalue weighted by molar-refractivity contribution is 7.09. The van der Waals surface area contributed by atoms with E-state index in [2.05, 4.69) is 15.2 Å². The number of amides is 1. The summed E-state index contributed by atoms with van der Waals surface area (Å²) < 4.78 is 11.2. The van der Waals surface area contributed by atoms with Gasteiger partial charge in [0.1, 0.15) is 10.8 Å². The van der Waals surface area contributed by atoms with Gasteiger partial charge in [0.15, 0.2) is 0 Å². The summed E-state index contributed by atoms with van der Waals surface area (Å²) in [6.45, 7) is 3.94. The minimum Gasteiger partial charge on any atom is -0.467 e. The van der Waals surface area contributed by atoms with Crippen LogP contribution in [-0.2, 0) is 22.6 Å². The van der Waals surface area contributed by atoms with Crippen molar-refractivity contribution in [2.75, 3.05) is 19.7 Å². The van der Waals surface area contributed by atoms with E-state index in [9.17, 15) is 4.79 Å². The van der Waals surface area contributed by atoms with Crippen molar-refractivity contribution in [3.8, 4) is 0 Å². The quantitative estimate of drug-likeness (QED) is 0.864. The fraction of sp³-hybridized carbons (Fsp3) is 0.529. The van der Waals surface area contributed by atoms with Crippen LogP contribution in [-0.4, -0.2) is 41.6 Å². The first-order valence-electron chi connectivity index (χ1n) is 8.29. The van der Waals surface area contributed by atoms with Gasteiger partial charge in [-0.15, -0.1) is 11.3 Å². The van der Waals surface area contributed by atoms with Gasteiger partial charge in [-0.2, -0.15) is 0 Å². The summed E-state index contributed by atoms with van der Waals surface area (Å²) in [4.78, 5) is 18.9. The van der Waals surface area contributed by atoms with E-state index in [1.807, 2.05) is 23.7 Å². The Morgan fingerprint density at radius 2 is 2.42 bits per heavy atom. The van der Waals surface area contributed by atoms with Crippen molar-refractivity contribution in [2.45, 2.75) is 25.6 Å². The Balaban J connectivity index is 1.27. The molecule has 2 fully saturated rings. The smallest absolute Gasteiger partial charge is 0.220 e. The number of carbonyl (C=O) groups is 1. The van der Waals surface area contributed by atoms with Crippen molar-refractivity contribution in [2.24, 2.45) is 11.8 Å². The molecule has 2 saturated heterocycles. The Bertz CT molecular complexity index is 659. The molecule has 0 saturated carbocycles. The maximum Gasteiger partial charge on any atom is 0.220 e. The van der Waals surface area contributed by atoms with Crippen LogP contribution in [0.15, 0.2) is 34.4 Å². The van der Waals surface area contributed by atoms with Crippen molar-refractivity contribution in [1.82, 2.24) is 15.2 Å². The zero-order valence-corrected chi connectivity index (χ0v) is 14.2. The Morgan fingerprint density at radius 1 is 1.46 bits per heavy atom. The van der Waals surface area contributed by atoms with Crippen molar-refractivity contribution < 1.29 is 13.9 Å². The molecule has 6 nitrogen and oxygen atoms in total. The second kappa shape index (κ2) is 7.04. The van der Waals surface area contributed by atoms with Gasteiger partial charge in [-0.3, -0.25) is 9.69 Å². The second-order valence-corrected chi connectivity index (χ2v) is 7.45. The maximum atomic E-state index is 12.2. The Kier molecular flexibility index (Phi) is 4.64. The topological polar surface area (TPSA) is 67.6 Å². The van der Waals surface area contributed by atoms with Gasteiger partial charge in [0.25, 0.3) is 0 Å². The number of nitrogens with one attached hydrogen (secondary N) is 1. The van der Waals surface area contributed by atoms with Crippen LogP contribution in [0, 0.1) is 11.8 Å². The van der Waals surface area contributed by atoms with Gasteiger partial charge in [0.2, 0.25) is 5.91 Å². The van der Waals surface area contributed by atoms with Crippen molar-refractivity contribution in [3.05, 3.63) is 40.7 Å². The van der Waals surface area contributed by atoms with Crippen molar-refractivity contribution >= 4 is 17.2 Å². The average molecular weight is 347 g/mol. The molecule has 0 aromatic carbocycles. The van der Waals surface area contributed by atoms with E-state index < -0.39 is 0 Å². The summed E-state index contributed by atoms with van der Waals surface area (Å²) >= 11 is 1.69. The van der Waals surface area contributed by atoms with Crippen molar-refractivity contribution in [1.29, 1.82) is 0 Å². The standard InChI is InChI=1S/C17H21N3O3S/c21-16(19-7-13-2-1-4-22-13)6-12-11-23-15-9-20(8-14(12)15)10-17-18-3-5-24-17/h1-5,12,14-15H,6-11H2,(H,19,21)/t12-,14-,15-/m1/s1. The SMILES string of the molecule is O=C(C[C@@H]1CO[C@@H]2CN(Cc3nccs3)C[C@H]12)NCc1ccco1. The van der Waals surface area contributed by atoms with E-state index in [-0.39, 0.29) is 12.0 Å². The minimum absolute atomic E-state index is 0.0685. The molecule has 1 N–H and O–H groups in total.